The Morgan fingerprint density at radius 3 is 2.61 bits per heavy atom. The fourth-order valence-corrected chi connectivity index (χ4v) is 3.09. The molecule has 1 saturated heterocycles. The van der Waals surface area contributed by atoms with E-state index < -0.39 is 11.2 Å². The number of H-pyrrole nitrogens is 1. The van der Waals surface area contributed by atoms with Crippen LogP contribution in [0.5, 0.6) is 0 Å². The first kappa shape index (κ1) is 15.6. The largest absolute Gasteiger partial charge is 0.342 e. The minimum absolute atomic E-state index is 0.395. The van der Waals surface area contributed by atoms with Crippen LogP contribution in [-0.4, -0.2) is 32.2 Å². The van der Waals surface area contributed by atoms with Crippen LogP contribution in [0.2, 0.25) is 0 Å². The molecule has 1 aliphatic rings. The molecule has 2 aromatic rings. The Kier molecular flexibility index (Phi) is 3.87. The number of anilines is 1. The Balaban J connectivity index is 2.22. The van der Waals surface area contributed by atoms with Gasteiger partial charge >= 0.3 is 5.69 Å². The molecule has 0 aliphatic carbocycles. The maximum atomic E-state index is 12.3. The zero-order valence-corrected chi connectivity index (χ0v) is 13.9. The van der Waals surface area contributed by atoms with Crippen molar-refractivity contribution in [1.82, 2.24) is 19.1 Å². The summed E-state index contributed by atoms with van der Waals surface area (Å²) in [5.41, 5.74) is 0.955. The molecule has 23 heavy (non-hydrogen) atoms. The second-order valence-corrected chi connectivity index (χ2v) is 6.62. The lowest BCUT2D eigenvalue weighted by Gasteiger charge is -2.31. The van der Waals surface area contributed by atoms with Crippen molar-refractivity contribution in [3.63, 3.8) is 0 Å². The fourth-order valence-electron chi connectivity index (χ4n) is 3.09. The van der Waals surface area contributed by atoms with Crippen LogP contribution in [0.25, 0.3) is 11.2 Å². The third-order valence-electron chi connectivity index (χ3n) is 4.48. The highest BCUT2D eigenvalue weighted by Crippen LogP contribution is 2.25. The van der Waals surface area contributed by atoms with Gasteiger partial charge in [0, 0.05) is 26.7 Å². The molecule has 0 atom stereocenters. The van der Waals surface area contributed by atoms with E-state index in [1.165, 1.54) is 4.57 Å². The van der Waals surface area contributed by atoms with E-state index in [-0.39, 0.29) is 0 Å². The molecular weight excluding hydrogens is 294 g/mol. The van der Waals surface area contributed by atoms with Gasteiger partial charge in [-0.2, -0.15) is 4.98 Å². The van der Waals surface area contributed by atoms with E-state index in [1.807, 2.05) is 11.5 Å². The van der Waals surface area contributed by atoms with Crippen molar-refractivity contribution in [2.75, 3.05) is 18.0 Å². The van der Waals surface area contributed by atoms with Crippen molar-refractivity contribution < 1.29 is 0 Å². The van der Waals surface area contributed by atoms with Gasteiger partial charge in [0.25, 0.3) is 5.56 Å². The van der Waals surface area contributed by atoms with E-state index in [0.717, 1.165) is 37.5 Å². The molecule has 0 bridgehead atoms. The summed E-state index contributed by atoms with van der Waals surface area (Å²) in [5, 5.41) is 0. The molecule has 7 nitrogen and oxygen atoms in total. The van der Waals surface area contributed by atoms with Crippen LogP contribution in [0.1, 0.15) is 26.7 Å². The first-order valence-corrected chi connectivity index (χ1v) is 7.97. The standard InChI is InChI=1S/C16H23N5O2/c1-10(2)9-21-12-13(19(4)16(23)18-14(12)22)17-15(21)20-7-5-11(3)6-8-20/h11H,1,5-9H2,2-4H3,(H,18,22,23). The molecule has 1 N–H and O–H groups in total. The second-order valence-electron chi connectivity index (χ2n) is 6.62. The molecule has 0 radical (unpaired) electrons. The van der Waals surface area contributed by atoms with Crippen molar-refractivity contribution >= 4 is 17.1 Å². The number of hydrogen-bond acceptors (Lipinski definition) is 4. The number of aromatic amines is 1. The van der Waals surface area contributed by atoms with Crippen LogP contribution in [0.15, 0.2) is 21.7 Å². The van der Waals surface area contributed by atoms with Gasteiger partial charge in [-0.3, -0.25) is 14.3 Å². The Morgan fingerprint density at radius 1 is 1.35 bits per heavy atom. The lowest BCUT2D eigenvalue weighted by atomic mass is 10.00. The van der Waals surface area contributed by atoms with Gasteiger partial charge in [-0.15, -0.1) is 0 Å². The smallest absolute Gasteiger partial charge is 0.329 e. The molecule has 1 aliphatic heterocycles. The van der Waals surface area contributed by atoms with Gasteiger partial charge in [-0.05, 0) is 25.7 Å². The lowest BCUT2D eigenvalue weighted by molar-refractivity contribution is 0.432. The van der Waals surface area contributed by atoms with E-state index in [0.29, 0.717) is 23.6 Å². The zero-order chi connectivity index (χ0) is 16.7. The molecule has 7 heteroatoms. The number of hydrogen-bond donors (Lipinski definition) is 1. The van der Waals surface area contributed by atoms with E-state index in [9.17, 15) is 9.59 Å². The minimum atomic E-state index is -0.443. The quantitative estimate of drug-likeness (QED) is 0.864. The molecule has 0 saturated carbocycles. The molecule has 0 aromatic carbocycles. The second kappa shape index (κ2) is 5.72. The minimum Gasteiger partial charge on any atom is -0.342 e. The van der Waals surface area contributed by atoms with Crippen LogP contribution in [0, 0.1) is 5.92 Å². The summed E-state index contributed by atoms with van der Waals surface area (Å²) in [6.45, 7) is 10.5. The van der Waals surface area contributed by atoms with Crippen molar-refractivity contribution in [1.29, 1.82) is 0 Å². The zero-order valence-electron chi connectivity index (χ0n) is 13.9. The number of nitrogens with zero attached hydrogens (tertiary/aromatic N) is 4. The molecule has 0 spiro atoms. The molecule has 3 heterocycles. The molecule has 2 aromatic heterocycles. The summed E-state index contributed by atoms with van der Waals surface area (Å²) in [5.74, 6) is 1.46. The van der Waals surface area contributed by atoms with Gasteiger partial charge < -0.3 is 9.47 Å². The maximum Gasteiger partial charge on any atom is 0.329 e. The number of imidazole rings is 1. The highest BCUT2D eigenvalue weighted by atomic mass is 16.2. The number of rotatable bonds is 3. The van der Waals surface area contributed by atoms with E-state index in [1.54, 1.807) is 7.05 Å². The maximum absolute atomic E-state index is 12.3. The van der Waals surface area contributed by atoms with Gasteiger partial charge in [0.2, 0.25) is 5.95 Å². The Morgan fingerprint density at radius 2 is 2.00 bits per heavy atom. The fraction of sp³-hybridized carbons (Fsp3) is 0.562. The molecular formula is C16H23N5O2. The van der Waals surface area contributed by atoms with Crippen LogP contribution < -0.4 is 16.1 Å². The van der Waals surface area contributed by atoms with Crippen LogP contribution in [0.3, 0.4) is 0 Å². The third kappa shape index (κ3) is 2.71. The first-order chi connectivity index (χ1) is 10.9. The number of nitrogens with one attached hydrogen (secondary N) is 1. The number of aromatic nitrogens is 4. The summed E-state index contributed by atoms with van der Waals surface area (Å²) >= 11 is 0. The van der Waals surface area contributed by atoms with Crippen molar-refractivity contribution in [3.8, 4) is 0 Å². The van der Waals surface area contributed by atoms with Gasteiger partial charge in [0.05, 0.1) is 0 Å². The highest BCUT2D eigenvalue weighted by Gasteiger charge is 2.24. The average Bonchev–Trinajstić information content (AvgIpc) is 2.85. The molecule has 0 amide bonds. The summed E-state index contributed by atoms with van der Waals surface area (Å²) in [6, 6.07) is 0. The van der Waals surface area contributed by atoms with Crippen LogP contribution >= 0.6 is 0 Å². The summed E-state index contributed by atoms with van der Waals surface area (Å²) in [7, 11) is 1.63. The van der Waals surface area contributed by atoms with Gasteiger partial charge in [-0.25, -0.2) is 4.79 Å². The average molecular weight is 317 g/mol. The van der Waals surface area contributed by atoms with Crippen molar-refractivity contribution in [2.24, 2.45) is 13.0 Å². The van der Waals surface area contributed by atoms with E-state index >= 15 is 0 Å². The first-order valence-electron chi connectivity index (χ1n) is 7.97. The SMILES string of the molecule is C=C(C)Cn1c(N2CCC(C)CC2)nc2c1c(=O)[nH]c(=O)n2C. The monoisotopic (exact) mass is 317 g/mol. The predicted molar refractivity (Wildman–Crippen MR) is 91.0 cm³/mol. The normalized spacial score (nSPS) is 16.2. The van der Waals surface area contributed by atoms with E-state index in [2.05, 4.69) is 28.4 Å². The third-order valence-corrected chi connectivity index (χ3v) is 4.48. The molecule has 3 rings (SSSR count). The number of allylic oxidation sites excluding steroid dienone is 1. The Hall–Kier alpha value is -2.31. The van der Waals surface area contributed by atoms with Gasteiger partial charge in [-0.1, -0.05) is 19.1 Å². The van der Waals surface area contributed by atoms with Crippen LogP contribution in [0.4, 0.5) is 5.95 Å². The molecule has 0 unspecified atom stereocenters. The summed E-state index contributed by atoms with van der Waals surface area (Å²) < 4.78 is 3.27. The van der Waals surface area contributed by atoms with Crippen LogP contribution in [-0.2, 0) is 13.6 Å². The van der Waals surface area contributed by atoms with E-state index in [4.69, 9.17) is 0 Å². The number of piperidine rings is 1. The van der Waals surface area contributed by atoms with Crippen molar-refractivity contribution in [2.45, 2.75) is 33.2 Å². The number of aryl methyl sites for hydroxylation is 1. The molecule has 1 fully saturated rings. The summed E-state index contributed by atoms with van der Waals surface area (Å²) in [4.78, 5) is 33.4. The summed E-state index contributed by atoms with van der Waals surface area (Å²) in [6.07, 6.45) is 2.21. The number of fused-ring (bicyclic) bond motifs is 1. The molecule has 124 valence electrons. The highest BCUT2D eigenvalue weighted by molar-refractivity contribution is 5.74. The lowest BCUT2D eigenvalue weighted by Crippen LogP contribution is -2.35. The van der Waals surface area contributed by atoms with Gasteiger partial charge in [0.15, 0.2) is 11.2 Å². The van der Waals surface area contributed by atoms with Gasteiger partial charge in [0.1, 0.15) is 0 Å². The predicted octanol–water partition coefficient (Wildman–Crippen LogP) is 1.24. The Bertz CT molecular complexity index is 865. The Labute approximate surface area is 134 Å². The van der Waals surface area contributed by atoms with Crippen molar-refractivity contribution in [3.05, 3.63) is 33.0 Å². The topological polar surface area (TPSA) is 75.9 Å².